The Morgan fingerprint density at radius 1 is 1.33 bits per heavy atom. The van der Waals surface area contributed by atoms with Crippen LogP contribution in [0.4, 0.5) is 0 Å². The van der Waals surface area contributed by atoms with Crippen LogP contribution in [0.2, 0.25) is 0 Å². The van der Waals surface area contributed by atoms with Crippen molar-refractivity contribution in [1.82, 2.24) is 4.90 Å². The summed E-state index contributed by atoms with van der Waals surface area (Å²) in [6.07, 6.45) is 2.64. The second-order valence-electron chi connectivity index (χ2n) is 4.71. The number of likely N-dealkylation sites (N-methyl/N-ethyl adjacent to an activating group) is 1. The quantitative estimate of drug-likeness (QED) is 0.709. The van der Waals surface area contributed by atoms with Gasteiger partial charge in [0.1, 0.15) is 11.5 Å². The Morgan fingerprint density at radius 2 is 2.11 bits per heavy atom. The van der Waals surface area contributed by atoms with Crippen molar-refractivity contribution >= 4 is 5.78 Å². The Kier molecular flexibility index (Phi) is 6.44. The molecule has 0 bridgehead atoms. The van der Waals surface area contributed by atoms with Gasteiger partial charge in [-0.1, -0.05) is 12.1 Å². The molecule has 0 saturated heterocycles. The lowest BCUT2D eigenvalue weighted by atomic mass is 10.1. The largest absolute Gasteiger partial charge is 0.497 e. The van der Waals surface area contributed by atoms with Crippen molar-refractivity contribution in [3.8, 4) is 5.75 Å². The van der Waals surface area contributed by atoms with Gasteiger partial charge in [-0.05, 0) is 51.1 Å². The van der Waals surface area contributed by atoms with Crippen molar-refractivity contribution < 1.29 is 9.53 Å². The number of hydrogen-bond acceptors (Lipinski definition) is 3. The van der Waals surface area contributed by atoms with Gasteiger partial charge in [-0.15, -0.1) is 0 Å². The molecule has 0 radical (unpaired) electrons. The second kappa shape index (κ2) is 7.88. The molecule has 100 valence electrons. The zero-order valence-corrected chi connectivity index (χ0v) is 11.6. The summed E-state index contributed by atoms with van der Waals surface area (Å²) < 4.78 is 5.20. The van der Waals surface area contributed by atoms with E-state index >= 15 is 0 Å². The van der Waals surface area contributed by atoms with Crippen LogP contribution in [-0.4, -0.2) is 37.9 Å². The maximum Gasteiger partial charge on any atom is 0.129 e. The van der Waals surface area contributed by atoms with Crippen LogP contribution >= 0.6 is 0 Å². The molecule has 0 N–H and O–H groups in total. The predicted octanol–water partition coefficient (Wildman–Crippen LogP) is 2.54. The van der Waals surface area contributed by atoms with Crippen LogP contribution in [-0.2, 0) is 11.2 Å². The van der Waals surface area contributed by atoms with E-state index in [9.17, 15) is 4.79 Å². The maximum absolute atomic E-state index is 10.8. The van der Waals surface area contributed by atoms with E-state index in [1.165, 1.54) is 5.56 Å². The maximum atomic E-state index is 10.8. The molecule has 0 spiro atoms. The molecule has 0 aliphatic carbocycles. The van der Waals surface area contributed by atoms with Crippen molar-refractivity contribution in [1.29, 1.82) is 0 Å². The van der Waals surface area contributed by atoms with Gasteiger partial charge in [-0.25, -0.2) is 0 Å². The number of methoxy groups -OCH3 is 1. The van der Waals surface area contributed by atoms with E-state index in [1.54, 1.807) is 14.0 Å². The summed E-state index contributed by atoms with van der Waals surface area (Å²) in [5.74, 6) is 1.18. The van der Waals surface area contributed by atoms with Crippen molar-refractivity contribution in [3.63, 3.8) is 0 Å². The SMILES string of the molecule is COc1cccc(CCN(C)CCCC(C)=O)c1. The number of carbonyl (C=O) groups is 1. The van der Waals surface area contributed by atoms with Gasteiger partial charge < -0.3 is 14.4 Å². The highest BCUT2D eigenvalue weighted by molar-refractivity contribution is 5.75. The smallest absolute Gasteiger partial charge is 0.129 e. The highest BCUT2D eigenvalue weighted by atomic mass is 16.5. The third kappa shape index (κ3) is 5.82. The highest BCUT2D eigenvalue weighted by Gasteiger charge is 2.01. The van der Waals surface area contributed by atoms with E-state index in [4.69, 9.17) is 4.74 Å². The third-order valence-electron chi connectivity index (χ3n) is 2.99. The van der Waals surface area contributed by atoms with Crippen LogP contribution < -0.4 is 4.74 Å². The Bertz CT molecular complexity index is 377. The number of carbonyl (C=O) groups excluding carboxylic acids is 1. The molecule has 0 heterocycles. The van der Waals surface area contributed by atoms with Gasteiger partial charge in [0, 0.05) is 13.0 Å². The van der Waals surface area contributed by atoms with Crippen molar-refractivity contribution in [3.05, 3.63) is 29.8 Å². The molecule has 0 aliphatic heterocycles. The van der Waals surface area contributed by atoms with E-state index in [-0.39, 0.29) is 5.78 Å². The fourth-order valence-electron chi connectivity index (χ4n) is 1.86. The van der Waals surface area contributed by atoms with Crippen LogP contribution in [0, 0.1) is 0 Å². The van der Waals surface area contributed by atoms with Gasteiger partial charge in [-0.3, -0.25) is 0 Å². The molecular weight excluding hydrogens is 226 g/mol. The molecule has 0 saturated carbocycles. The number of Topliss-reactive ketones (excluding diaryl/α,β-unsaturated/α-hetero) is 1. The van der Waals surface area contributed by atoms with E-state index in [0.29, 0.717) is 6.42 Å². The molecule has 1 aromatic carbocycles. The van der Waals surface area contributed by atoms with Gasteiger partial charge in [0.2, 0.25) is 0 Å². The van der Waals surface area contributed by atoms with Gasteiger partial charge in [0.05, 0.1) is 7.11 Å². The Hall–Kier alpha value is -1.35. The summed E-state index contributed by atoms with van der Waals surface area (Å²) in [4.78, 5) is 13.1. The Morgan fingerprint density at radius 3 is 2.78 bits per heavy atom. The summed E-state index contributed by atoms with van der Waals surface area (Å²) in [5, 5.41) is 0. The number of hydrogen-bond donors (Lipinski definition) is 0. The number of ketones is 1. The van der Waals surface area contributed by atoms with Crippen molar-refractivity contribution in [2.75, 3.05) is 27.2 Å². The zero-order valence-electron chi connectivity index (χ0n) is 11.6. The van der Waals surface area contributed by atoms with Crippen LogP contribution in [0.3, 0.4) is 0 Å². The van der Waals surface area contributed by atoms with Crippen LogP contribution in [0.1, 0.15) is 25.3 Å². The first-order chi connectivity index (χ1) is 8.61. The average molecular weight is 249 g/mol. The Labute approximate surface area is 110 Å². The summed E-state index contributed by atoms with van der Waals surface area (Å²) >= 11 is 0. The number of rotatable bonds is 8. The van der Waals surface area contributed by atoms with Gasteiger partial charge >= 0.3 is 0 Å². The fourth-order valence-corrected chi connectivity index (χ4v) is 1.86. The summed E-state index contributed by atoms with van der Waals surface area (Å²) in [6.45, 7) is 3.63. The summed E-state index contributed by atoms with van der Waals surface area (Å²) in [7, 11) is 3.79. The molecule has 1 aromatic rings. The molecule has 1 rings (SSSR count). The van der Waals surface area contributed by atoms with Crippen molar-refractivity contribution in [2.24, 2.45) is 0 Å². The summed E-state index contributed by atoms with van der Waals surface area (Å²) in [6, 6.07) is 8.17. The molecule has 0 amide bonds. The molecule has 0 aromatic heterocycles. The second-order valence-corrected chi connectivity index (χ2v) is 4.71. The molecule has 3 nitrogen and oxygen atoms in total. The van der Waals surface area contributed by atoms with Crippen LogP contribution in [0.15, 0.2) is 24.3 Å². The minimum Gasteiger partial charge on any atom is -0.497 e. The highest BCUT2D eigenvalue weighted by Crippen LogP contribution is 2.13. The zero-order chi connectivity index (χ0) is 13.4. The van der Waals surface area contributed by atoms with Gasteiger partial charge in [0.25, 0.3) is 0 Å². The first kappa shape index (κ1) is 14.7. The summed E-state index contributed by atoms with van der Waals surface area (Å²) in [5.41, 5.74) is 1.28. The lowest BCUT2D eigenvalue weighted by Crippen LogP contribution is -2.22. The van der Waals surface area contributed by atoms with Gasteiger partial charge in [0.15, 0.2) is 0 Å². The fraction of sp³-hybridized carbons (Fsp3) is 0.533. The van der Waals surface area contributed by atoms with Crippen LogP contribution in [0.5, 0.6) is 5.75 Å². The molecule has 3 heteroatoms. The number of nitrogens with zero attached hydrogens (tertiary/aromatic N) is 1. The molecular formula is C15H23NO2. The molecule has 0 atom stereocenters. The molecule has 0 aliphatic rings. The first-order valence-corrected chi connectivity index (χ1v) is 6.42. The molecule has 18 heavy (non-hydrogen) atoms. The van der Waals surface area contributed by atoms with Gasteiger partial charge in [-0.2, -0.15) is 0 Å². The van der Waals surface area contributed by atoms with E-state index in [0.717, 1.165) is 31.7 Å². The predicted molar refractivity (Wildman–Crippen MR) is 74.1 cm³/mol. The van der Waals surface area contributed by atoms with E-state index < -0.39 is 0 Å². The lowest BCUT2D eigenvalue weighted by molar-refractivity contribution is -0.117. The molecule has 0 fully saturated rings. The normalized spacial score (nSPS) is 10.7. The standard InChI is InChI=1S/C15H23NO2/c1-13(17)6-5-10-16(2)11-9-14-7-4-8-15(12-14)18-3/h4,7-8,12H,5-6,9-11H2,1-3H3. The Balaban J connectivity index is 2.28. The minimum absolute atomic E-state index is 0.274. The average Bonchev–Trinajstić information content (AvgIpc) is 2.36. The topological polar surface area (TPSA) is 29.5 Å². The lowest BCUT2D eigenvalue weighted by Gasteiger charge is -2.16. The number of ether oxygens (including phenoxy) is 1. The number of benzene rings is 1. The van der Waals surface area contributed by atoms with E-state index in [2.05, 4.69) is 24.1 Å². The molecule has 0 unspecified atom stereocenters. The third-order valence-corrected chi connectivity index (χ3v) is 2.99. The first-order valence-electron chi connectivity index (χ1n) is 6.42. The minimum atomic E-state index is 0.274. The monoisotopic (exact) mass is 249 g/mol. The van der Waals surface area contributed by atoms with Crippen LogP contribution in [0.25, 0.3) is 0 Å². The van der Waals surface area contributed by atoms with E-state index in [1.807, 2.05) is 12.1 Å². The van der Waals surface area contributed by atoms with Crippen molar-refractivity contribution in [2.45, 2.75) is 26.2 Å².